The van der Waals surface area contributed by atoms with E-state index >= 15 is 0 Å². The monoisotopic (exact) mass is 475 g/mol. The van der Waals surface area contributed by atoms with Gasteiger partial charge in [-0.3, -0.25) is 4.79 Å². The molecule has 1 amide bonds. The highest BCUT2D eigenvalue weighted by Crippen LogP contribution is 2.53. The van der Waals surface area contributed by atoms with Crippen LogP contribution in [0.4, 0.5) is 42.1 Å². The van der Waals surface area contributed by atoms with Gasteiger partial charge in [0.15, 0.2) is 0 Å². The molecule has 0 atom stereocenters. The number of nitrogens with zero attached hydrogens (tertiary/aromatic N) is 3. The number of aryl methyl sites for hydroxylation is 2. The summed E-state index contributed by atoms with van der Waals surface area (Å²) in [7, 11) is 0. The molecule has 2 aromatic carbocycles. The van der Waals surface area contributed by atoms with E-state index in [9.17, 15) is 35.5 Å². The highest BCUT2D eigenvalue weighted by Gasteiger charge is 2.73. The summed E-state index contributed by atoms with van der Waals surface area (Å²) in [5, 5.41) is 6.33. The summed E-state index contributed by atoms with van der Waals surface area (Å²) < 4.78 is 94.2. The molecule has 0 saturated heterocycles. The second-order valence-electron chi connectivity index (χ2n) is 7.21. The van der Waals surface area contributed by atoms with E-state index in [2.05, 4.69) is 15.4 Å². The Kier molecular flexibility index (Phi) is 5.86. The summed E-state index contributed by atoms with van der Waals surface area (Å²) in [5.74, 6) is -0.732. The van der Waals surface area contributed by atoms with Crippen LogP contribution in [0, 0.1) is 13.8 Å². The lowest BCUT2D eigenvalue weighted by molar-refractivity contribution is -0.348. The van der Waals surface area contributed by atoms with E-state index in [0.717, 1.165) is 13.8 Å². The Morgan fingerprint density at radius 2 is 1.55 bits per heavy atom. The molecular weight excluding hydrogens is 459 g/mol. The number of carbonyl (C=O) groups is 1. The van der Waals surface area contributed by atoms with Gasteiger partial charge in [-0.15, -0.1) is 0 Å². The van der Waals surface area contributed by atoms with Gasteiger partial charge < -0.3 is 11.1 Å². The minimum Gasteiger partial charge on any atom is -0.397 e. The predicted molar refractivity (Wildman–Crippen MR) is 105 cm³/mol. The number of halogens is 7. The smallest absolute Gasteiger partial charge is 0.397 e. The minimum absolute atomic E-state index is 0.0599. The second-order valence-corrected chi connectivity index (χ2v) is 7.21. The van der Waals surface area contributed by atoms with Crippen LogP contribution in [0.1, 0.15) is 27.0 Å². The maximum atomic E-state index is 14.4. The third-order valence-electron chi connectivity index (χ3n) is 4.91. The molecule has 176 valence electrons. The van der Waals surface area contributed by atoms with Gasteiger partial charge in [0.1, 0.15) is 12.7 Å². The van der Waals surface area contributed by atoms with Crippen LogP contribution in [0.2, 0.25) is 0 Å². The zero-order valence-electron chi connectivity index (χ0n) is 17.0. The van der Waals surface area contributed by atoms with Crippen molar-refractivity contribution in [3.05, 3.63) is 65.2 Å². The van der Waals surface area contributed by atoms with E-state index in [1.54, 1.807) is 0 Å². The van der Waals surface area contributed by atoms with Crippen LogP contribution < -0.4 is 11.1 Å². The Morgan fingerprint density at radius 3 is 2.00 bits per heavy atom. The molecule has 0 unspecified atom stereocenters. The van der Waals surface area contributed by atoms with Crippen LogP contribution in [0.3, 0.4) is 0 Å². The zero-order chi connectivity index (χ0) is 24.8. The number of nitrogens with one attached hydrogen (secondary N) is 1. The quantitative estimate of drug-likeness (QED) is 0.411. The fraction of sp³-hybridized carbons (Fsp3) is 0.250. The standard InChI is InChI=1S/C20H16F7N5O/c1-10-5-13(18(21,19(22,23)24)20(25,26)27)6-11(2)16(10)31-17(33)12-3-4-15(14(28)7-12)32-9-29-8-30-32/h3-9H,28H2,1-2H3,(H,31,33). The summed E-state index contributed by atoms with van der Waals surface area (Å²) in [4.78, 5) is 16.4. The number of nitrogen functional groups attached to an aromatic ring is 1. The molecule has 13 heteroatoms. The zero-order valence-corrected chi connectivity index (χ0v) is 17.0. The van der Waals surface area contributed by atoms with Gasteiger partial charge in [0.25, 0.3) is 5.91 Å². The molecule has 0 saturated carbocycles. The predicted octanol–water partition coefficient (Wildman–Crippen LogP) is 5.01. The van der Waals surface area contributed by atoms with Crippen molar-refractivity contribution in [1.29, 1.82) is 0 Å². The number of amides is 1. The number of anilines is 2. The summed E-state index contributed by atoms with van der Waals surface area (Å²) in [6.07, 6.45) is -9.82. The molecule has 3 aromatic rings. The molecule has 1 aromatic heterocycles. The highest BCUT2D eigenvalue weighted by molar-refractivity contribution is 6.05. The third-order valence-corrected chi connectivity index (χ3v) is 4.91. The molecule has 0 fully saturated rings. The van der Waals surface area contributed by atoms with Gasteiger partial charge in [-0.2, -0.15) is 31.4 Å². The van der Waals surface area contributed by atoms with Crippen molar-refractivity contribution in [1.82, 2.24) is 14.8 Å². The van der Waals surface area contributed by atoms with Crippen molar-refractivity contribution in [2.24, 2.45) is 0 Å². The van der Waals surface area contributed by atoms with Crippen LogP contribution in [-0.4, -0.2) is 33.0 Å². The van der Waals surface area contributed by atoms with Crippen LogP contribution in [0.5, 0.6) is 0 Å². The molecular formula is C20H16F7N5O. The first-order valence-electron chi connectivity index (χ1n) is 9.16. The lowest BCUT2D eigenvalue weighted by Gasteiger charge is -2.31. The van der Waals surface area contributed by atoms with Gasteiger partial charge in [-0.1, -0.05) is 12.1 Å². The number of aromatic nitrogens is 3. The second kappa shape index (κ2) is 8.05. The summed E-state index contributed by atoms with van der Waals surface area (Å²) in [6.45, 7) is 2.31. The summed E-state index contributed by atoms with van der Waals surface area (Å²) >= 11 is 0. The summed E-state index contributed by atoms with van der Waals surface area (Å²) in [6, 6.07) is 5.00. The maximum absolute atomic E-state index is 14.4. The number of hydrogen-bond donors (Lipinski definition) is 2. The number of benzene rings is 2. The highest BCUT2D eigenvalue weighted by atomic mass is 19.4. The molecule has 0 aliphatic carbocycles. The Hall–Kier alpha value is -3.64. The van der Waals surface area contributed by atoms with Gasteiger partial charge >= 0.3 is 18.0 Å². The first-order valence-corrected chi connectivity index (χ1v) is 9.16. The number of carbonyl (C=O) groups excluding carboxylic acids is 1. The van der Waals surface area contributed by atoms with E-state index in [1.165, 1.54) is 35.5 Å². The Balaban J connectivity index is 1.94. The van der Waals surface area contributed by atoms with Crippen molar-refractivity contribution < 1.29 is 35.5 Å². The van der Waals surface area contributed by atoms with Crippen LogP contribution in [-0.2, 0) is 5.67 Å². The fourth-order valence-corrected chi connectivity index (χ4v) is 3.27. The van der Waals surface area contributed by atoms with E-state index in [-0.39, 0.29) is 28.1 Å². The van der Waals surface area contributed by atoms with Crippen LogP contribution in [0.25, 0.3) is 5.69 Å². The molecule has 3 N–H and O–H groups in total. The number of alkyl halides is 7. The SMILES string of the molecule is Cc1cc(C(F)(C(F)(F)F)C(F)(F)F)cc(C)c1NC(=O)c1ccc(-n2cncn2)c(N)c1. The van der Waals surface area contributed by atoms with E-state index < -0.39 is 29.5 Å². The lowest BCUT2D eigenvalue weighted by Crippen LogP contribution is -2.50. The minimum atomic E-state index is -6.24. The average Bonchev–Trinajstić information content (AvgIpc) is 3.22. The molecule has 0 aliphatic heterocycles. The van der Waals surface area contributed by atoms with Crippen molar-refractivity contribution in [3.63, 3.8) is 0 Å². The molecule has 3 rings (SSSR count). The van der Waals surface area contributed by atoms with Crippen LogP contribution in [0.15, 0.2) is 43.0 Å². The third kappa shape index (κ3) is 4.22. The van der Waals surface area contributed by atoms with Crippen molar-refractivity contribution >= 4 is 17.3 Å². The lowest BCUT2D eigenvalue weighted by atomic mass is 9.90. The largest absolute Gasteiger partial charge is 0.435 e. The van der Waals surface area contributed by atoms with E-state index in [4.69, 9.17) is 5.73 Å². The fourth-order valence-electron chi connectivity index (χ4n) is 3.27. The van der Waals surface area contributed by atoms with E-state index in [1.807, 2.05) is 0 Å². The molecule has 0 bridgehead atoms. The van der Waals surface area contributed by atoms with Gasteiger partial charge in [0.05, 0.1) is 11.4 Å². The number of nitrogens with two attached hydrogens (primary N) is 1. The molecule has 1 heterocycles. The van der Waals surface area contributed by atoms with Gasteiger partial charge in [0, 0.05) is 16.8 Å². The Bertz CT molecular complexity index is 1150. The number of hydrogen-bond acceptors (Lipinski definition) is 4. The van der Waals surface area contributed by atoms with Gasteiger partial charge in [-0.05, 0) is 43.2 Å². The Morgan fingerprint density at radius 1 is 0.970 bits per heavy atom. The van der Waals surface area contributed by atoms with Crippen molar-refractivity contribution in [2.75, 3.05) is 11.1 Å². The van der Waals surface area contributed by atoms with Crippen LogP contribution >= 0.6 is 0 Å². The Labute approximate surface area is 182 Å². The summed E-state index contributed by atoms with van der Waals surface area (Å²) in [5.41, 5.74) is -1.06. The number of rotatable bonds is 4. The maximum Gasteiger partial charge on any atom is 0.435 e. The molecule has 6 nitrogen and oxygen atoms in total. The van der Waals surface area contributed by atoms with Gasteiger partial charge in [-0.25, -0.2) is 14.1 Å². The molecule has 0 spiro atoms. The van der Waals surface area contributed by atoms with Crippen molar-refractivity contribution in [3.8, 4) is 5.69 Å². The molecule has 0 radical (unpaired) electrons. The first kappa shape index (κ1) is 24.0. The average molecular weight is 475 g/mol. The van der Waals surface area contributed by atoms with E-state index in [0.29, 0.717) is 17.8 Å². The normalized spacial score (nSPS) is 12.6. The van der Waals surface area contributed by atoms with Crippen molar-refractivity contribution in [2.45, 2.75) is 31.9 Å². The van der Waals surface area contributed by atoms with Gasteiger partial charge in [0.2, 0.25) is 0 Å². The molecule has 0 aliphatic rings. The molecule has 33 heavy (non-hydrogen) atoms. The topological polar surface area (TPSA) is 85.8 Å². The first-order chi connectivity index (χ1) is 15.2.